The number of ether oxygens (including phenoxy) is 2. The highest BCUT2D eigenvalue weighted by molar-refractivity contribution is 5.91. The number of hydrogen-bond acceptors (Lipinski definition) is 7. The molecule has 0 atom stereocenters. The van der Waals surface area contributed by atoms with Gasteiger partial charge in [0.15, 0.2) is 18.1 Å². The second kappa shape index (κ2) is 11.3. The van der Waals surface area contributed by atoms with E-state index in [1.165, 1.54) is 25.5 Å². The summed E-state index contributed by atoms with van der Waals surface area (Å²) in [4.78, 5) is 27.3. The van der Waals surface area contributed by atoms with Gasteiger partial charge in [-0.2, -0.15) is 0 Å². The average molecular weight is 449 g/mol. The number of nitrogens with one attached hydrogen (secondary N) is 1. The molecule has 3 aromatic carbocycles. The summed E-state index contributed by atoms with van der Waals surface area (Å²) in [5.74, 6) is 0.674. The number of nitrogens with zero attached hydrogens (tertiary/aromatic N) is 2. The van der Waals surface area contributed by atoms with E-state index in [1.807, 2.05) is 31.2 Å². The van der Waals surface area contributed by atoms with Crippen molar-refractivity contribution < 1.29 is 24.0 Å². The Bertz CT molecular complexity index is 1130. The molecule has 3 aromatic rings. The number of rotatable bonds is 10. The van der Waals surface area contributed by atoms with Crippen molar-refractivity contribution >= 4 is 23.5 Å². The average Bonchev–Trinajstić information content (AvgIpc) is 2.82. The molecular weight excluding hydrogens is 426 g/mol. The number of amides is 1. The van der Waals surface area contributed by atoms with E-state index >= 15 is 0 Å². The molecule has 0 spiro atoms. The van der Waals surface area contributed by atoms with Gasteiger partial charge >= 0.3 is 0 Å². The van der Waals surface area contributed by atoms with Crippen molar-refractivity contribution in [2.75, 3.05) is 19.0 Å². The molecule has 0 aromatic heterocycles. The molecule has 33 heavy (non-hydrogen) atoms. The molecule has 1 amide bonds. The fraction of sp³-hybridized carbons (Fsp3) is 0.167. The number of methoxy groups -OCH3 is 1. The topological polar surface area (TPSA) is 112 Å². The zero-order chi connectivity index (χ0) is 23.6. The van der Waals surface area contributed by atoms with E-state index in [-0.39, 0.29) is 24.8 Å². The lowest BCUT2D eigenvalue weighted by atomic mass is 10.2. The minimum atomic E-state index is -0.450. The number of hydrogen-bond donors (Lipinski definition) is 1. The van der Waals surface area contributed by atoms with Crippen molar-refractivity contribution in [3.05, 3.63) is 93.5 Å². The van der Waals surface area contributed by atoms with Gasteiger partial charge in [-0.15, -0.1) is 0 Å². The van der Waals surface area contributed by atoms with E-state index < -0.39 is 4.92 Å². The third kappa shape index (κ3) is 7.06. The van der Waals surface area contributed by atoms with Crippen LogP contribution < -0.4 is 14.8 Å². The Morgan fingerprint density at radius 2 is 1.79 bits per heavy atom. The predicted molar refractivity (Wildman–Crippen MR) is 124 cm³/mol. The van der Waals surface area contributed by atoms with Crippen molar-refractivity contribution in [1.29, 1.82) is 0 Å². The van der Waals surface area contributed by atoms with Gasteiger partial charge in [0.05, 0.1) is 18.2 Å². The molecule has 9 nitrogen and oxygen atoms in total. The van der Waals surface area contributed by atoms with Crippen molar-refractivity contribution in [2.45, 2.75) is 13.5 Å². The molecule has 0 saturated heterocycles. The van der Waals surface area contributed by atoms with Gasteiger partial charge in [-0.3, -0.25) is 14.9 Å². The number of benzene rings is 3. The molecule has 0 heterocycles. The van der Waals surface area contributed by atoms with Gasteiger partial charge in [0, 0.05) is 23.4 Å². The highest BCUT2D eigenvalue weighted by Crippen LogP contribution is 2.28. The van der Waals surface area contributed by atoms with Crippen molar-refractivity contribution in [1.82, 2.24) is 0 Å². The van der Waals surface area contributed by atoms with E-state index in [0.717, 1.165) is 11.1 Å². The fourth-order valence-electron chi connectivity index (χ4n) is 2.79. The van der Waals surface area contributed by atoms with Crippen LogP contribution in [0.25, 0.3) is 0 Å². The highest BCUT2D eigenvalue weighted by Gasteiger charge is 2.08. The molecule has 9 heteroatoms. The zero-order valence-electron chi connectivity index (χ0n) is 18.2. The van der Waals surface area contributed by atoms with E-state index in [1.54, 1.807) is 30.3 Å². The summed E-state index contributed by atoms with van der Waals surface area (Å²) in [7, 11) is 1.51. The van der Waals surface area contributed by atoms with Crippen LogP contribution in [0.3, 0.4) is 0 Å². The molecule has 0 aliphatic heterocycles. The molecule has 170 valence electrons. The monoisotopic (exact) mass is 449 g/mol. The Labute approximate surface area is 190 Å². The number of nitro benzene ring substituents is 1. The summed E-state index contributed by atoms with van der Waals surface area (Å²) in [5.41, 5.74) is 3.29. The number of oxime groups is 1. The van der Waals surface area contributed by atoms with E-state index in [2.05, 4.69) is 10.5 Å². The lowest BCUT2D eigenvalue weighted by Crippen LogP contribution is -2.16. The van der Waals surface area contributed by atoms with Crippen molar-refractivity contribution in [2.24, 2.45) is 5.16 Å². The lowest BCUT2D eigenvalue weighted by molar-refractivity contribution is -0.384. The van der Waals surface area contributed by atoms with Gasteiger partial charge in [0.25, 0.3) is 11.6 Å². The van der Waals surface area contributed by atoms with Gasteiger partial charge in [-0.05, 0) is 55.0 Å². The molecule has 0 aliphatic carbocycles. The SMILES string of the molecule is COc1cc(/C=N/OCC(=O)Nc2ccc(C)cc2)ccc1OCc1ccc([N+](=O)[O-])cc1. The normalized spacial score (nSPS) is 10.6. The summed E-state index contributed by atoms with van der Waals surface area (Å²) >= 11 is 0. The Hall–Kier alpha value is -4.40. The first-order valence-electron chi connectivity index (χ1n) is 10.0. The van der Waals surface area contributed by atoms with Crippen LogP contribution in [-0.2, 0) is 16.2 Å². The van der Waals surface area contributed by atoms with Crippen LogP contribution in [0.15, 0.2) is 71.9 Å². The molecule has 0 bridgehead atoms. The minimum absolute atomic E-state index is 0.0230. The summed E-state index contributed by atoms with van der Waals surface area (Å²) in [6, 6.07) is 18.8. The molecule has 0 fully saturated rings. The summed E-state index contributed by atoms with van der Waals surface area (Å²) in [5, 5.41) is 17.3. The Morgan fingerprint density at radius 1 is 1.06 bits per heavy atom. The molecule has 1 N–H and O–H groups in total. The molecule has 0 saturated carbocycles. The Balaban J connectivity index is 1.51. The summed E-state index contributed by atoms with van der Waals surface area (Å²) < 4.78 is 11.1. The van der Waals surface area contributed by atoms with Crippen LogP contribution in [0.1, 0.15) is 16.7 Å². The Morgan fingerprint density at radius 3 is 2.45 bits per heavy atom. The molecule has 0 unspecified atom stereocenters. The maximum Gasteiger partial charge on any atom is 0.269 e. The maximum atomic E-state index is 11.9. The lowest BCUT2D eigenvalue weighted by Gasteiger charge is -2.11. The first-order chi connectivity index (χ1) is 15.9. The van der Waals surface area contributed by atoms with Crippen molar-refractivity contribution in [3.8, 4) is 11.5 Å². The largest absolute Gasteiger partial charge is 0.493 e. The molecule has 0 aliphatic rings. The third-order valence-corrected chi connectivity index (χ3v) is 4.54. The van der Waals surface area contributed by atoms with Gasteiger partial charge in [0.2, 0.25) is 0 Å². The minimum Gasteiger partial charge on any atom is -0.493 e. The van der Waals surface area contributed by atoms with Crippen molar-refractivity contribution in [3.63, 3.8) is 0 Å². The zero-order valence-corrected chi connectivity index (χ0v) is 18.2. The summed E-state index contributed by atoms with van der Waals surface area (Å²) in [6.45, 7) is 1.97. The van der Waals surface area contributed by atoms with Gasteiger partial charge in [-0.25, -0.2) is 0 Å². The first kappa shape index (κ1) is 23.3. The van der Waals surface area contributed by atoms with E-state index in [9.17, 15) is 14.9 Å². The van der Waals surface area contributed by atoms with Gasteiger partial charge < -0.3 is 19.6 Å². The standard InChI is InChI=1S/C24H23N3O6/c1-17-3-8-20(9-4-17)26-24(28)16-33-25-14-19-7-12-22(23(13-19)31-2)32-15-18-5-10-21(11-6-18)27(29)30/h3-14H,15-16H2,1-2H3,(H,26,28)/b25-14+. The first-order valence-corrected chi connectivity index (χ1v) is 10.0. The second-order valence-electron chi connectivity index (χ2n) is 7.04. The van der Waals surface area contributed by atoms with Gasteiger partial charge in [0.1, 0.15) is 6.61 Å². The quantitative estimate of drug-likeness (QED) is 0.277. The molecule has 3 rings (SSSR count). The van der Waals surface area contributed by atoms with Crippen LogP contribution in [0.2, 0.25) is 0 Å². The van der Waals surface area contributed by atoms with Crippen LogP contribution in [0, 0.1) is 17.0 Å². The van der Waals surface area contributed by atoms with Crippen LogP contribution in [0.5, 0.6) is 11.5 Å². The number of carbonyl (C=O) groups excluding carboxylic acids is 1. The number of nitro groups is 1. The number of non-ortho nitro benzene ring substituents is 1. The second-order valence-corrected chi connectivity index (χ2v) is 7.04. The molecule has 0 radical (unpaired) electrons. The van der Waals surface area contributed by atoms with Crippen LogP contribution in [0.4, 0.5) is 11.4 Å². The van der Waals surface area contributed by atoms with Gasteiger partial charge in [-0.1, -0.05) is 22.9 Å². The smallest absolute Gasteiger partial charge is 0.269 e. The Kier molecular flexibility index (Phi) is 7.96. The third-order valence-electron chi connectivity index (χ3n) is 4.54. The summed E-state index contributed by atoms with van der Waals surface area (Å²) in [6.07, 6.45) is 1.46. The fourth-order valence-corrected chi connectivity index (χ4v) is 2.79. The maximum absolute atomic E-state index is 11.9. The highest BCUT2D eigenvalue weighted by atomic mass is 16.6. The number of aryl methyl sites for hydroxylation is 1. The van der Waals surface area contributed by atoms with E-state index in [4.69, 9.17) is 14.3 Å². The molecular formula is C24H23N3O6. The number of anilines is 1. The predicted octanol–water partition coefficient (Wildman–Crippen LogP) is 4.48. The van der Waals surface area contributed by atoms with E-state index in [0.29, 0.717) is 22.7 Å². The van der Waals surface area contributed by atoms with Crippen LogP contribution in [-0.4, -0.2) is 30.8 Å². The van der Waals surface area contributed by atoms with Crippen LogP contribution >= 0.6 is 0 Å². The number of carbonyl (C=O) groups is 1.